The highest BCUT2D eigenvalue weighted by molar-refractivity contribution is 5.53. The predicted octanol–water partition coefficient (Wildman–Crippen LogP) is 4.77. The molecular formula is C28H37FN4O2. The molecule has 2 aromatic rings. The molecule has 2 atom stereocenters. The van der Waals surface area contributed by atoms with E-state index in [-0.39, 0.29) is 5.41 Å². The number of halogens is 1. The van der Waals surface area contributed by atoms with E-state index in [1.165, 1.54) is 5.56 Å². The maximum absolute atomic E-state index is 15.4. The number of hydrogen-bond acceptors (Lipinski definition) is 6. The fraction of sp³-hybridized carbons (Fsp3) is 0.536. The van der Waals surface area contributed by atoms with E-state index in [9.17, 15) is 5.11 Å². The summed E-state index contributed by atoms with van der Waals surface area (Å²) in [6, 6.07) is 10.3. The minimum absolute atomic E-state index is 0.336. The van der Waals surface area contributed by atoms with Gasteiger partial charge in [-0.1, -0.05) is 45.0 Å². The van der Waals surface area contributed by atoms with Crippen LogP contribution in [0.2, 0.25) is 0 Å². The van der Waals surface area contributed by atoms with Crippen LogP contribution in [0.15, 0.2) is 55.1 Å². The third-order valence-electron chi connectivity index (χ3n) is 7.94. The van der Waals surface area contributed by atoms with Crippen molar-refractivity contribution in [3.8, 4) is 0 Å². The Hall–Kier alpha value is -2.48. The Labute approximate surface area is 208 Å². The Morgan fingerprint density at radius 2 is 1.83 bits per heavy atom. The maximum atomic E-state index is 15.4. The van der Waals surface area contributed by atoms with Gasteiger partial charge in [0.05, 0.1) is 25.2 Å². The van der Waals surface area contributed by atoms with Crippen molar-refractivity contribution in [2.24, 2.45) is 5.41 Å². The summed E-state index contributed by atoms with van der Waals surface area (Å²) in [6.45, 7) is 8.81. The number of pyridine rings is 1. The van der Waals surface area contributed by atoms with Gasteiger partial charge in [0.15, 0.2) is 0 Å². The molecule has 0 radical (unpaired) electrons. The van der Waals surface area contributed by atoms with Gasteiger partial charge in [-0.2, -0.15) is 4.39 Å². The van der Waals surface area contributed by atoms with Crippen molar-refractivity contribution < 1.29 is 14.2 Å². The van der Waals surface area contributed by atoms with Crippen LogP contribution in [0.25, 0.3) is 0 Å². The van der Waals surface area contributed by atoms with Crippen LogP contribution in [0, 0.1) is 5.41 Å². The van der Waals surface area contributed by atoms with Crippen molar-refractivity contribution in [2.45, 2.75) is 57.5 Å². The topological polar surface area (TPSA) is 52.1 Å². The number of alkyl halides is 1. The number of ether oxygens (including phenoxy) is 1. The first-order chi connectivity index (χ1) is 16.6. The van der Waals surface area contributed by atoms with Crippen molar-refractivity contribution >= 4 is 5.69 Å². The monoisotopic (exact) mass is 480 g/mol. The SMILES string of the molecule is CC(C)c1ccc([C@](O)(c2cncc(N3C=CN(C4(F)CCCCO4)C3)c2)C2(C)CN(C)C2)cc1. The summed E-state index contributed by atoms with van der Waals surface area (Å²) in [4.78, 5) is 10.3. The zero-order valence-electron chi connectivity index (χ0n) is 21.2. The minimum atomic E-state index is -1.77. The fourth-order valence-electron chi connectivity index (χ4n) is 5.91. The fourth-order valence-corrected chi connectivity index (χ4v) is 5.91. The highest BCUT2D eigenvalue weighted by atomic mass is 19.2. The van der Waals surface area contributed by atoms with E-state index in [4.69, 9.17) is 4.74 Å². The van der Waals surface area contributed by atoms with Gasteiger partial charge in [-0.15, -0.1) is 0 Å². The van der Waals surface area contributed by atoms with Crippen LogP contribution in [0.3, 0.4) is 0 Å². The van der Waals surface area contributed by atoms with E-state index >= 15 is 4.39 Å². The second-order valence-corrected chi connectivity index (χ2v) is 11.0. The minimum Gasteiger partial charge on any atom is -0.380 e. The van der Waals surface area contributed by atoms with E-state index in [2.05, 4.69) is 62.0 Å². The van der Waals surface area contributed by atoms with E-state index < -0.39 is 11.6 Å². The standard InChI is InChI=1S/C28H37FN4O2/c1-21(2)22-7-9-23(10-8-22)28(34,26(3)18-31(4)19-26)24-15-25(17-30-16-24)32-12-13-33(20-32)27(29)11-5-6-14-35-27/h7-10,12-13,15-17,21,34H,5-6,11,14,18-20H2,1-4H3/t27?,28-/m0/s1. The van der Waals surface area contributed by atoms with Crippen molar-refractivity contribution in [3.05, 3.63) is 71.8 Å². The molecule has 35 heavy (non-hydrogen) atoms. The van der Waals surface area contributed by atoms with Gasteiger partial charge in [-0.25, -0.2) is 0 Å². The molecule has 2 saturated heterocycles. The molecule has 0 aliphatic carbocycles. The summed E-state index contributed by atoms with van der Waals surface area (Å²) in [5.41, 5.74) is 2.09. The maximum Gasteiger partial charge on any atom is 0.290 e. The summed E-state index contributed by atoms with van der Waals surface area (Å²) in [5.74, 6) is -1.35. The van der Waals surface area contributed by atoms with Gasteiger partial charge in [0, 0.05) is 49.1 Å². The van der Waals surface area contributed by atoms with Gasteiger partial charge in [0.25, 0.3) is 5.98 Å². The Balaban J connectivity index is 1.47. The number of benzene rings is 1. The van der Waals surface area contributed by atoms with Crippen molar-refractivity contribution in [3.63, 3.8) is 0 Å². The molecule has 1 aromatic carbocycles. The molecule has 188 valence electrons. The largest absolute Gasteiger partial charge is 0.380 e. The quantitative estimate of drug-likeness (QED) is 0.602. The molecule has 1 aromatic heterocycles. The molecule has 2 fully saturated rings. The predicted molar refractivity (Wildman–Crippen MR) is 135 cm³/mol. The smallest absolute Gasteiger partial charge is 0.290 e. The molecule has 4 heterocycles. The molecule has 0 amide bonds. The highest BCUT2D eigenvalue weighted by Crippen LogP contribution is 2.50. The van der Waals surface area contributed by atoms with Crippen LogP contribution in [0.5, 0.6) is 0 Å². The zero-order valence-corrected chi connectivity index (χ0v) is 21.2. The van der Waals surface area contributed by atoms with E-state index in [0.29, 0.717) is 25.6 Å². The molecule has 7 heteroatoms. The second kappa shape index (κ2) is 8.87. The van der Waals surface area contributed by atoms with E-state index in [1.807, 2.05) is 17.2 Å². The van der Waals surface area contributed by atoms with Crippen molar-refractivity contribution in [1.82, 2.24) is 14.8 Å². The molecule has 6 nitrogen and oxygen atoms in total. The molecule has 0 bridgehead atoms. The van der Waals surface area contributed by atoms with Crippen LogP contribution in [-0.2, 0) is 10.3 Å². The lowest BCUT2D eigenvalue weighted by Gasteiger charge is -2.56. The average Bonchev–Trinajstić information content (AvgIpc) is 3.35. The van der Waals surface area contributed by atoms with Gasteiger partial charge < -0.3 is 24.5 Å². The van der Waals surface area contributed by atoms with Gasteiger partial charge >= 0.3 is 0 Å². The summed E-state index contributed by atoms with van der Waals surface area (Å²) in [5, 5.41) is 12.5. The number of hydrogen-bond donors (Lipinski definition) is 1. The first-order valence-corrected chi connectivity index (χ1v) is 12.7. The molecule has 3 aliphatic rings. The zero-order chi connectivity index (χ0) is 24.8. The molecule has 0 spiro atoms. The highest BCUT2D eigenvalue weighted by Gasteiger charge is 2.55. The lowest BCUT2D eigenvalue weighted by molar-refractivity contribution is -0.245. The van der Waals surface area contributed by atoms with Crippen molar-refractivity contribution in [1.29, 1.82) is 0 Å². The van der Waals surface area contributed by atoms with Gasteiger partial charge in [-0.3, -0.25) is 4.98 Å². The third kappa shape index (κ3) is 4.13. The number of aromatic nitrogens is 1. The van der Waals surface area contributed by atoms with E-state index in [0.717, 1.165) is 42.7 Å². The Morgan fingerprint density at radius 3 is 2.46 bits per heavy atom. The Kier molecular flexibility index (Phi) is 6.14. The second-order valence-electron chi connectivity index (χ2n) is 11.0. The van der Waals surface area contributed by atoms with Crippen LogP contribution in [0.1, 0.15) is 62.6 Å². The molecule has 0 saturated carbocycles. The summed E-state index contributed by atoms with van der Waals surface area (Å²) < 4.78 is 20.9. The summed E-state index contributed by atoms with van der Waals surface area (Å²) >= 11 is 0. The Morgan fingerprint density at radius 1 is 1.09 bits per heavy atom. The van der Waals surface area contributed by atoms with Crippen LogP contribution in [-0.4, -0.2) is 59.3 Å². The van der Waals surface area contributed by atoms with E-state index in [1.54, 1.807) is 23.5 Å². The van der Waals surface area contributed by atoms with Crippen molar-refractivity contribution in [2.75, 3.05) is 38.3 Å². The molecule has 1 N–H and O–H groups in total. The first kappa shape index (κ1) is 24.2. The van der Waals surface area contributed by atoms with Gasteiger partial charge in [-0.05, 0) is 43.0 Å². The number of likely N-dealkylation sites (tertiary alicyclic amines) is 1. The molecular weight excluding hydrogens is 443 g/mol. The van der Waals surface area contributed by atoms with Crippen LogP contribution < -0.4 is 4.90 Å². The summed E-state index contributed by atoms with van der Waals surface area (Å²) in [7, 11) is 2.07. The van der Waals surface area contributed by atoms with Gasteiger partial charge in [0.2, 0.25) is 0 Å². The Bertz CT molecular complexity index is 1080. The first-order valence-electron chi connectivity index (χ1n) is 12.7. The molecule has 5 rings (SSSR count). The third-order valence-corrected chi connectivity index (χ3v) is 7.94. The summed E-state index contributed by atoms with van der Waals surface area (Å²) in [6.07, 6.45) is 9.20. The number of anilines is 1. The van der Waals surface area contributed by atoms with Crippen LogP contribution >= 0.6 is 0 Å². The lowest BCUT2D eigenvalue weighted by Crippen LogP contribution is -2.63. The number of rotatable bonds is 6. The number of nitrogens with zero attached hydrogens (tertiary/aromatic N) is 4. The molecule has 3 aliphatic heterocycles. The normalized spacial score (nSPS) is 26.1. The lowest BCUT2D eigenvalue weighted by atomic mass is 9.62. The van der Waals surface area contributed by atoms with Crippen LogP contribution in [0.4, 0.5) is 10.1 Å². The van der Waals surface area contributed by atoms with Gasteiger partial charge in [0.1, 0.15) is 5.60 Å². The average molecular weight is 481 g/mol. The number of aliphatic hydroxyl groups is 1. The molecule has 1 unspecified atom stereocenters.